The van der Waals surface area contributed by atoms with Crippen molar-refractivity contribution in [1.29, 1.82) is 0 Å². The number of aryl methyl sites for hydroxylation is 3. The van der Waals surface area contributed by atoms with E-state index in [9.17, 15) is 4.79 Å². The van der Waals surface area contributed by atoms with Gasteiger partial charge in [0, 0.05) is 37.1 Å². The molecule has 8 heteroatoms. The number of nitrogens with one attached hydrogen (secondary N) is 1. The molecular formula is C21H23N5OS2. The van der Waals surface area contributed by atoms with E-state index in [1.54, 1.807) is 18.0 Å². The van der Waals surface area contributed by atoms with Crippen molar-refractivity contribution in [2.75, 3.05) is 12.3 Å². The first-order chi connectivity index (χ1) is 14.0. The Morgan fingerprint density at radius 1 is 1.24 bits per heavy atom. The third-order valence-corrected chi connectivity index (χ3v) is 6.89. The molecule has 6 nitrogen and oxygen atoms in total. The summed E-state index contributed by atoms with van der Waals surface area (Å²) < 4.78 is 3.97. The number of thiophene rings is 1. The van der Waals surface area contributed by atoms with Crippen LogP contribution in [0.1, 0.15) is 26.5 Å². The van der Waals surface area contributed by atoms with E-state index in [1.165, 1.54) is 22.5 Å². The third-order valence-electron chi connectivity index (χ3n) is 4.68. The lowest BCUT2D eigenvalue weighted by Gasteiger charge is -2.04. The van der Waals surface area contributed by atoms with Crippen LogP contribution in [0, 0.1) is 13.8 Å². The lowest BCUT2D eigenvalue weighted by atomic mass is 10.1. The van der Waals surface area contributed by atoms with Gasteiger partial charge in [-0.15, -0.1) is 11.3 Å². The first kappa shape index (κ1) is 19.7. The van der Waals surface area contributed by atoms with Gasteiger partial charge in [0.1, 0.15) is 4.83 Å². The predicted octanol–water partition coefficient (Wildman–Crippen LogP) is 4.02. The van der Waals surface area contributed by atoms with Gasteiger partial charge in [-0.2, -0.15) is 5.10 Å². The Balaban J connectivity index is 1.42. The lowest BCUT2D eigenvalue weighted by Crippen LogP contribution is -2.24. The van der Waals surface area contributed by atoms with Gasteiger partial charge in [-0.3, -0.25) is 9.48 Å². The average molecular weight is 426 g/mol. The van der Waals surface area contributed by atoms with Crippen LogP contribution in [-0.2, 0) is 13.6 Å². The maximum absolute atomic E-state index is 12.6. The monoisotopic (exact) mass is 425 g/mol. The van der Waals surface area contributed by atoms with Crippen LogP contribution in [-0.4, -0.2) is 37.5 Å². The number of hydrogen-bond acceptors (Lipinski definition) is 5. The van der Waals surface area contributed by atoms with Crippen molar-refractivity contribution in [3.05, 3.63) is 64.4 Å². The third kappa shape index (κ3) is 4.38. The topological polar surface area (TPSA) is 64.7 Å². The van der Waals surface area contributed by atoms with Crippen LogP contribution in [0.25, 0.3) is 10.2 Å². The molecule has 1 aromatic carbocycles. The van der Waals surface area contributed by atoms with Gasteiger partial charge in [0.15, 0.2) is 5.16 Å². The molecule has 0 spiro atoms. The maximum Gasteiger partial charge on any atom is 0.261 e. The molecule has 150 valence electrons. The number of rotatable bonds is 7. The van der Waals surface area contributed by atoms with Crippen LogP contribution >= 0.6 is 23.1 Å². The largest absolute Gasteiger partial charge is 0.350 e. The minimum Gasteiger partial charge on any atom is -0.350 e. The van der Waals surface area contributed by atoms with Crippen molar-refractivity contribution in [1.82, 2.24) is 24.6 Å². The van der Waals surface area contributed by atoms with Gasteiger partial charge in [0.25, 0.3) is 5.91 Å². The molecule has 4 rings (SSSR count). The van der Waals surface area contributed by atoms with E-state index in [0.29, 0.717) is 13.1 Å². The number of amides is 1. The average Bonchev–Trinajstić information content (AvgIpc) is 3.39. The molecule has 0 unspecified atom stereocenters. The zero-order chi connectivity index (χ0) is 20.4. The highest BCUT2D eigenvalue weighted by molar-refractivity contribution is 7.99. The second-order valence-corrected chi connectivity index (χ2v) is 9.08. The van der Waals surface area contributed by atoms with Gasteiger partial charge in [-0.1, -0.05) is 41.6 Å². The van der Waals surface area contributed by atoms with Crippen molar-refractivity contribution in [3.8, 4) is 0 Å². The van der Waals surface area contributed by atoms with Crippen molar-refractivity contribution >= 4 is 39.2 Å². The van der Waals surface area contributed by atoms with Crippen LogP contribution in [0.15, 0.2) is 47.9 Å². The fraction of sp³-hybridized carbons (Fsp3) is 0.286. The number of thioether (sulfide) groups is 1. The van der Waals surface area contributed by atoms with Gasteiger partial charge in [-0.25, -0.2) is 4.98 Å². The molecule has 1 N–H and O–H groups in total. The molecule has 0 saturated heterocycles. The number of hydrogen-bond donors (Lipinski definition) is 1. The van der Waals surface area contributed by atoms with Gasteiger partial charge >= 0.3 is 0 Å². The van der Waals surface area contributed by atoms with E-state index >= 15 is 0 Å². The van der Waals surface area contributed by atoms with Crippen LogP contribution in [0.5, 0.6) is 0 Å². The molecule has 0 fully saturated rings. The molecule has 0 atom stereocenters. The summed E-state index contributed by atoms with van der Waals surface area (Å²) in [6.07, 6.45) is 3.70. The number of benzene rings is 1. The highest BCUT2D eigenvalue weighted by atomic mass is 32.2. The summed E-state index contributed by atoms with van der Waals surface area (Å²) in [5.41, 5.74) is 3.39. The van der Waals surface area contributed by atoms with Crippen molar-refractivity contribution in [2.45, 2.75) is 25.5 Å². The molecule has 3 heterocycles. The first-order valence-electron chi connectivity index (χ1n) is 9.42. The highest BCUT2D eigenvalue weighted by Gasteiger charge is 2.16. The molecular weight excluding hydrogens is 402 g/mol. The number of nitrogens with zero attached hydrogens (tertiary/aromatic N) is 4. The van der Waals surface area contributed by atoms with E-state index in [1.807, 2.05) is 35.5 Å². The highest BCUT2D eigenvalue weighted by Crippen LogP contribution is 2.29. The number of aromatic nitrogens is 4. The molecule has 1 amide bonds. The fourth-order valence-corrected chi connectivity index (χ4v) is 4.95. The van der Waals surface area contributed by atoms with Gasteiger partial charge in [-0.05, 0) is 25.5 Å². The van der Waals surface area contributed by atoms with Crippen molar-refractivity contribution in [2.24, 2.45) is 7.05 Å². The SMILES string of the molecule is Cc1ccc(Cn2nc(C)c3cc(C(=O)NCCSc4nccn4C)sc32)cc1. The van der Waals surface area contributed by atoms with Crippen LogP contribution in [0.4, 0.5) is 0 Å². The molecule has 3 aromatic heterocycles. The van der Waals surface area contributed by atoms with Crippen LogP contribution in [0.2, 0.25) is 0 Å². The molecule has 0 radical (unpaired) electrons. The molecule has 4 aromatic rings. The second kappa shape index (κ2) is 8.42. The Labute approximate surface area is 178 Å². The van der Waals surface area contributed by atoms with Crippen LogP contribution < -0.4 is 5.32 Å². The van der Waals surface area contributed by atoms with E-state index in [0.717, 1.165) is 31.7 Å². The summed E-state index contributed by atoms with van der Waals surface area (Å²) in [6, 6.07) is 10.4. The molecule has 29 heavy (non-hydrogen) atoms. The molecule has 0 saturated carbocycles. The fourth-order valence-electron chi connectivity index (χ4n) is 3.08. The Hall–Kier alpha value is -2.58. The lowest BCUT2D eigenvalue weighted by molar-refractivity contribution is 0.0960. The Bertz CT molecular complexity index is 1140. The number of carbonyl (C=O) groups is 1. The standard InChI is InChI=1S/C21H23N5OS2/c1-14-4-6-16(7-5-14)13-26-20-17(15(2)24-26)12-18(29-20)19(27)22-9-11-28-21-23-8-10-25(21)3/h4-8,10,12H,9,11,13H2,1-3H3,(H,22,27). The molecule has 0 aliphatic rings. The normalized spacial score (nSPS) is 11.3. The van der Waals surface area contributed by atoms with Gasteiger partial charge < -0.3 is 9.88 Å². The zero-order valence-electron chi connectivity index (χ0n) is 16.7. The van der Waals surface area contributed by atoms with Crippen molar-refractivity contribution < 1.29 is 4.79 Å². The first-order valence-corrected chi connectivity index (χ1v) is 11.2. The minimum atomic E-state index is -0.0343. The summed E-state index contributed by atoms with van der Waals surface area (Å²) in [6.45, 7) is 5.37. The number of imidazole rings is 1. The Kier molecular flexibility index (Phi) is 5.73. The second-order valence-electron chi connectivity index (χ2n) is 6.98. The Morgan fingerprint density at radius 2 is 2.03 bits per heavy atom. The summed E-state index contributed by atoms with van der Waals surface area (Å²) in [4.78, 5) is 18.6. The minimum absolute atomic E-state index is 0.0343. The summed E-state index contributed by atoms with van der Waals surface area (Å²) in [7, 11) is 1.97. The van der Waals surface area contributed by atoms with Crippen LogP contribution in [0.3, 0.4) is 0 Å². The molecule has 0 aliphatic heterocycles. The Morgan fingerprint density at radius 3 is 2.76 bits per heavy atom. The summed E-state index contributed by atoms with van der Waals surface area (Å²) in [5.74, 6) is 0.745. The van der Waals surface area contributed by atoms with E-state index in [2.05, 4.69) is 46.6 Å². The number of fused-ring (bicyclic) bond motifs is 1. The van der Waals surface area contributed by atoms with E-state index in [-0.39, 0.29) is 5.91 Å². The molecule has 0 bridgehead atoms. The zero-order valence-corrected chi connectivity index (χ0v) is 18.3. The van der Waals surface area contributed by atoms with E-state index in [4.69, 9.17) is 0 Å². The number of carbonyl (C=O) groups excluding carboxylic acids is 1. The predicted molar refractivity (Wildman–Crippen MR) is 119 cm³/mol. The molecule has 0 aliphatic carbocycles. The van der Waals surface area contributed by atoms with Gasteiger partial charge in [0.05, 0.1) is 17.1 Å². The quantitative estimate of drug-likeness (QED) is 0.359. The van der Waals surface area contributed by atoms with Crippen molar-refractivity contribution in [3.63, 3.8) is 0 Å². The van der Waals surface area contributed by atoms with Gasteiger partial charge in [0.2, 0.25) is 0 Å². The maximum atomic E-state index is 12.6. The summed E-state index contributed by atoms with van der Waals surface area (Å²) >= 11 is 3.13. The smallest absolute Gasteiger partial charge is 0.261 e. The summed E-state index contributed by atoms with van der Waals surface area (Å²) in [5, 5.41) is 9.68. The van der Waals surface area contributed by atoms with E-state index < -0.39 is 0 Å².